The average Bonchev–Trinajstić information content (AvgIpc) is 3.07. The van der Waals surface area contributed by atoms with Gasteiger partial charge in [-0.1, -0.05) is 18.2 Å². The van der Waals surface area contributed by atoms with Crippen molar-refractivity contribution in [3.8, 4) is 5.88 Å². The number of carboxylic acids is 1. The van der Waals surface area contributed by atoms with E-state index in [0.29, 0.717) is 4.88 Å². The largest absolute Gasteiger partial charge is 0.493 e. The first-order valence-corrected chi connectivity index (χ1v) is 8.41. The number of hydrogen-bond donors (Lipinski definition) is 3. The molecule has 1 aliphatic rings. The van der Waals surface area contributed by atoms with E-state index in [-0.39, 0.29) is 9.83 Å². The Bertz CT molecular complexity index is 988. The van der Waals surface area contributed by atoms with Gasteiger partial charge in [-0.15, -0.1) is 11.3 Å². The minimum absolute atomic E-state index is 0.140. The topological polar surface area (TPSA) is 118 Å². The number of nitrogens with zero attached hydrogens (tertiary/aromatic N) is 2. The summed E-state index contributed by atoms with van der Waals surface area (Å²) in [6.45, 7) is 0. The molecule has 0 spiro atoms. The Morgan fingerprint density at radius 3 is 2.80 bits per heavy atom. The minimum Gasteiger partial charge on any atom is -0.493 e. The summed E-state index contributed by atoms with van der Waals surface area (Å²) in [5.41, 5.74) is 7.59. The maximum Gasteiger partial charge on any atom is 0.327 e. The number of aliphatic imine (C=N–C) groups is 1. The summed E-state index contributed by atoms with van der Waals surface area (Å²) in [5, 5.41) is 19.8. The number of carbonyl (C=O) groups excluding carboxylic acids is 1. The van der Waals surface area contributed by atoms with E-state index in [1.807, 2.05) is 24.3 Å². The summed E-state index contributed by atoms with van der Waals surface area (Å²) in [4.78, 5) is 27.2. The normalized spacial score (nSPS) is 15.3. The van der Waals surface area contributed by atoms with Crippen LogP contribution in [-0.2, 0) is 9.59 Å². The van der Waals surface area contributed by atoms with Crippen molar-refractivity contribution in [2.75, 3.05) is 0 Å². The molecule has 25 heavy (non-hydrogen) atoms. The Balaban J connectivity index is 2.05. The summed E-state index contributed by atoms with van der Waals surface area (Å²) >= 11 is 6.22. The van der Waals surface area contributed by atoms with Crippen LogP contribution in [0.1, 0.15) is 22.9 Å². The van der Waals surface area contributed by atoms with Gasteiger partial charge < -0.3 is 15.9 Å². The third kappa shape index (κ3) is 3.24. The fourth-order valence-corrected chi connectivity index (χ4v) is 3.90. The fourth-order valence-electron chi connectivity index (χ4n) is 2.54. The number of allylic oxidation sites excluding steroid dienone is 1. The van der Waals surface area contributed by atoms with Crippen molar-refractivity contribution in [3.05, 3.63) is 38.7 Å². The highest BCUT2D eigenvalue weighted by Crippen LogP contribution is 2.37. The van der Waals surface area contributed by atoms with Crippen molar-refractivity contribution < 1.29 is 19.8 Å². The molecule has 0 saturated carbocycles. The van der Waals surface area contributed by atoms with Crippen LogP contribution in [0.3, 0.4) is 0 Å². The molecule has 0 saturated heterocycles. The number of aromatic nitrogens is 1. The molecule has 1 aromatic heterocycles. The molecule has 0 radical (unpaired) electrons. The first kappa shape index (κ1) is 17.1. The van der Waals surface area contributed by atoms with E-state index in [4.69, 9.17) is 18.0 Å². The fraction of sp³-hybridized carbons (Fsp3) is 0.125. The number of benzene rings is 1. The molecule has 128 valence electrons. The molecule has 1 aromatic carbocycles. The van der Waals surface area contributed by atoms with Gasteiger partial charge in [-0.25, -0.2) is 4.79 Å². The summed E-state index contributed by atoms with van der Waals surface area (Å²) < 4.78 is 1.18. The molecule has 0 aliphatic carbocycles. The average molecular weight is 375 g/mol. The van der Waals surface area contributed by atoms with Crippen molar-refractivity contribution in [1.29, 1.82) is 0 Å². The summed E-state index contributed by atoms with van der Waals surface area (Å²) in [6, 6.07) is 6.17. The minimum atomic E-state index is -1.35. The monoisotopic (exact) mass is 375 g/mol. The Kier molecular flexibility index (Phi) is 4.51. The Morgan fingerprint density at radius 2 is 2.12 bits per heavy atom. The number of primary amides is 1. The maximum absolute atomic E-state index is 11.4. The zero-order valence-electron chi connectivity index (χ0n) is 12.7. The molecule has 9 heteroatoms. The summed E-state index contributed by atoms with van der Waals surface area (Å²) in [5.74, 6) is -2.40. The molecule has 1 unspecified atom stereocenters. The molecular weight excluding hydrogens is 362 g/mol. The van der Waals surface area contributed by atoms with Gasteiger partial charge in [0.1, 0.15) is 6.04 Å². The third-order valence-corrected chi connectivity index (χ3v) is 5.02. The molecule has 2 heterocycles. The number of amides is 1. The number of thiazole rings is 1. The third-order valence-electron chi connectivity index (χ3n) is 3.68. The number of carbonyl (C=O) groups is 2. The number of fused-ring (bicyclic) bond motifs is 1. The van der Waals surface area contributed by atoms with Crippen LogP contribution in [-0.4, -0.2) is 32.9 Å². The van der Waals surface area contributed by atoms with Crippen LogP contribution in [0, 0.1) is 3.95 Å². The van der Waals surface area contributed by atoms with E-state index in [0.717, 1.165) is 32.7 Å². The van der Waals surface area contributed by atoms with Gasteiger partial charge in [-0.3, -0.25) is 14.4 Å². The molecule has 2 aromatic rings. The van der Waals surface area contributed by atoms with Gasteiger partial charge in [0.2, 0.25) is 11.8 Å². The quantitative estimate of drug-likeness (QED) is 0.695. The van der Waals surface area contributed by atoms with Crippen molar-refractivity contribution >= 4 is 59.0 Å². The number of para-hydroxylation sites is 1. The lowest BCUT2D eigenvalue weighted by Gasteiger charge is -2.13. The molecule has 0 fully saturated rings. The lowest BCUT2D eigenvalue weighted by atomic mass is 10.1. The zero-order valence-corrected chi connectivity index (χ0v) is 14.4. The number of rotatable bonds is 5. The van der Waals surface area contributed by atoms with E-state index in [1.165, 1.54) is 0 Å². The van der Waals surface area contributed by atoms with E-state index in [1.54, 1.807) is 12.3 Å². The van der Waals surface area contributed by atoms with Gasteiger partial charge in [0, 0.05) is 17.4 Å². The molecule has 1 aliphatic heterocycles. The molecule has 3 rings (SSSR count). The number of aromatic hydroxyl groups is 1. The SMILES string of the molecule is NC(=O)CC(C(=O)O)n1c(O)c(/C=C2\C=Nc3ccccc32)sc1=S. The lowest BCUT2D eigenvalue weighted by molar-refractivity contribution is -0.143. The number of nitrogens with two attached hydrogens (primary N) is 1. The number of aliphatic carboxylic acids is 1. The van der Waals surface area contributed by atoms with Crippen LogP contribution in [0.4, 0.5) is 5.69 Å². The van der Waals surface area contributed by atoms with Gasteiger partial charge in [-0.05, 0) is 24.4 Å². The van der Waals surface area contributed by atoms with Crippen LogP contribution >= 0.6 is 23.6 Å². The van der Waals surface area contributed by atoms with Crippen LogP contribution in [0.2, 0.25) is 0 Å². The molecule has 1 atom stereocenters. The van der Waals surface area contributed by atoms with Gasteiger partial charge in [0.25, 0.3) is 0 Å². The first-order valence-electron chi connectivity index (χ1n) is 7.19. The second kappa shape index (κ2) is 6.61. The van der Waals surface area contributed by atoms with Crippen molar-refractivity contribution in [1.82, 2.24) is 4.57 Å². The highest BCUT2D eigenvalue weighted by molar-refractivity contribution is 7.73. The van der Waals surface area contributed by atoms with E-state index < -0.39 is 24.3 Å². The molecule has 7 nitrogen and oxygen atoms in total. The highest BCUT2D eigenvalue weighted by atomic mass is 32.1. The Labute approximate surface area is 151 Å². The van der Waals surface area contributed by atoms with Crippen molar-refractivity contribution in [3.63, 3.8) is 0 Å². The van der Waals surface area contributed by atoms with Crippen LogP contribution in [0.15, 0.2) is 29.3 Å². The lowest BCUT2D eigenvalue weighted by Crippen LogP contribution is -2.25. The van der Waals surface area contributed by atoms with Crippen molar-refractivity contribution in [2.24, 2.45) is 10.7 Å². The summed E-state index contributed by atoms with van der Waals surface area (Å²) in [7, 11) is 0. The molecule has 4 N–H and O–H groups in total. The van der Waals surface area contributed by atoms with E-state index in [2.05, 4.69) is 4.99 Å². The number of hydrogen-bond acceptors (Lipinski definition) is 6. The van der Waals surface area contributed by atoms with Gasteiger partial charge in [0.15, 0.2) is 3.95 Å². The van der Waals surface area contributed by atoms with Gasteiger partial charge in [0.05, 0.1) is 17.0 Å². The van der Waals surface area contributed by atoms with E-state index >= 15 is 0 Å². The molecular formula is C16H13N3O4S2. The van der Waals surface area contributed by atoms with E-state index in [9.17, 15) is 19.8 Å². The van der Waals surface area contributed by atoms with Crippen LogP contribution < -0.4 is 5.73 Å². The van der Waals surface area contributed by atoms with Crippen LogP contribution in [0.5, 0.6) is 5.88 Å². The Hall–Kier alpha value is -2.78. The smallest absolute Gasteiger partial charge is 0.327 e. The highest BCUT2D eigenvalue weighted by Gasteiger charge is 2.27. The zero-order chi connectivity index (χ0) is 18.1. The summed E-state index contributed by atoms with van der Waals surface area (Å²) in [6.07, 6.45) is 2.88. The van der Waals surface area contributed by atoms with Crippen LogP contribution in [0.25, 0.3) is 11.6 Å². The second-order valence-electron chi connectivity index (χ2n) is 5.33. The first-order chi connectivity index (χ1) is 11.9. The maximum atomic E-state index is 11.4. The standard InChI is InChI=1S/C16H13N3O4S2/c17-13(20)6-11(15(22)23)19-14(21)12(25-16(19)24)5-8-7-18-10-4-2-1-3-9(8)10/h1-5,7,11,21H,6H2,(H2,17,20)(H,22,23)/b8-5+. The molecule has 0 bridgehead atoms. The van der Waals surface area contributed by atoms with Gasteiger partial charge in [-0.2, -0.15) is 0 Å². The van der Waals surface area contributed by atoms with Gasteiger partial charge >= 0.3 is 5.97 Å². The predicted octanol–water partition coefficient (Wildman–Crippen LogP) is 2.74. The molecule has 1 amide bonds. The Morgan fingerprint density at radius 1 is 1.40 bits per heavy atom. The van der Waals surface area contributed by atoms with Crippen molar-refractivity contribution in [2.45, 2.75) is 12.5 Å². The predicted molar refractivity (Wildman–Crippen MR) is 97.8 cm³/mol. The second-order valence-corrected chi connectivity index (χ2v) is 7.00. The number of carboxylic acid groups (broad SMARTS) is 1.